The van der Waals surface area contributed by atoms with Crippen molar-refractivity contribution in [3.05, 3.63) is 29.3 Å². The number of halogens is 1. The fourth-order valence-electron chi connectivity index (χ4n) is 3.99. The standard InChI is InChI=1S/C18H25ClN2O3/c1-20-11-15(22)10-18(13-20)6-8-21(9-7-18)17(23)12-24-16-4-2-14(19)3-5-16/h2-5,15,22H,6-13H2,1H3. The van der Waals surface area contributed by atoms with Crippen molar-refractivity contribution < 1.29 is 14.6 Å². The molecule has 3 rings (SSSR count). The zero-order chi connectivity index (χ0) is 17.2. The van der Waals surface area contributed by atoms with Crippen molar-refractivity contribution in [2.75, 3.05) is 39.8 Å². The van der Waals surface area contributed by atoms with Crippen LogP contribution in [0.3, 0.4) is 0 Å². The van der Waals surface area contributed by atoms with Crippen molar-refractivity contribution in [1.29, 1.82) is 0 Å². The molecule has 1 aromatic carbocycles. The summed E-state index contributed by atoms with van der Waals surface area (Å²) < 4.78 is 5.55. The molecule has 0 saturated carbocycles. The van der Waals surface area contributed by atoms with Gasteiger partial charge in [0.05, 0.1) is 6.10 Å². The summed E-state index contributed by atoms with van der Waals surface area (Å²) in [5, 5.41) is 10.7. The highest BCUT2D eigenvalue weighted by Crippen LogP contribution is 2.39. The second-order valence-electron chi connectivity index (χ2n) is 7.18. The zero-order valence-corrected chi connectivity index (χ0v) is 14.8. The number of aliphatic hydroxyl groups excluding tert-OH is 1. The van der Waals surface area contributed by atoms with Gasteiger partial charge in [0.1, 0.15) is 5.75 Å². The van der Waals surface area contributed by atoms with Crippen molar-refractivity contribution in [3.63, 3.8) is 0 Å². The Morgan fingerprint density at radius 3 is 2.62 bits per heavy atom. The lowest BCUT2D eigenvalue weighted by Crippen LogP contribution is -2.53. The third kappa shape index (κ3) is 4.21. The molecule has 2 saturated heterocycles. The number of likely N-dealkylation sites (tertiary alicyclic amines) is 2. The molecule has 1 atom stereocenters. The Kier molecular flexibility index (Phi) is 5.33. The molecule has 24 heavy (non-hydrogen) atoms. The lowest BCUT2D eigenvalue weighted by atomic mass is 9.72. The van der Waals surface area contributed by atoms with E-state index >= 15 is 0 Å². The summed E-state index contributed by atoms with van der Waals surface area (Å²) in [5.74, 6) is 0.669. The molecule has 2 aliphatic heterocycles. The van der Waals surface area contributed by atoms with Crippen LogP contribution in [0.25, 0.3) is 0 Å². The first-order chi connectivity index (χ1) is 11.5. The van der Waals surface area contributed by atoms with Gasteiger partial charge in [0.15, 0.2) is 6.61 Å². The smallest absolute Gasteiger partial charge is 0.260 e. The molecule has 1 unspecified atom stereocenters. The largest absolute Gasteiger partial charge is 0.484 e. The number of carbonyl (C=O) groups excluding carboxylic acids is 1. The molecule has 0 bridgehead atoms. The molecular weight excluding hydrogens is 328 g/mol. The Hall–Kier alpha value is -1.30. The van der Waals surface area contributed by atoms with Gasteiger partial charge in [-0.25, -0.2) is 0 Å². The summed E-state index contributed by atoms with van der Waals surface area (Å²) in [7, 11) is 2.06. The highest BCUT2D eigenvalue weighted by molar-refractivity contribution is 6.30. The minimum Gasteiger partial charge on any atom is -0.484 e. The van der Waals surface area contributed by atoms with E-state index in [1.807, 2.05) is 4.90 Å². The molecular formula is C18H25ClN2O3. The number of ether oxygens (including phenoxy) is 1. The third-order valence-corrected chi connectivity index (χ3v) is 5.40. The van der Waals surface area contributed by atoms with E-state index in [0.29, 0.717) is 10.8 Å². The fraction of sp³-hybridized carbons (Fsp3) is 0.611. The second-order valence-corrected chi connectivity index (χ2v) is 7.61. The summed E-state index contributed by atoms with van der Waals surface area (Å²) in [6, 6.07) is 7.02. The lowest BCUT2D eigenvalue weighted by molar-refractivity contribution is -0.137. The van der Waals surface area contributed by atoms with Crippen molar-refractivity contribution in [3.8, 4) is 5.75 Å². The van der Waals surface area contributed by atoms with Gasteiger partial charge >= 0.3 is 0 Å². The Morgan fingerprint density at radius 2 is 2.00 bits per heavy atom. The second kappa shape index (κ2) is 7.30. The van der Waals surface area contributed by atoms with Crippen molar-refractivity contribution in [1.82, 2.24) is 9.80 Å². The molecule has 6 heteroatoms. The Balaban J connectivity index is 1.49. The molecule has 132 valence electrons. The monoisotopic (exact) mass is 352 g/mol. The van der Waals surface area contributed by atoms with Crippen LogP contribution >= 0.6 is 11.6 Å². The van der Waals surface area contributed by atoms with Gasteiger partial charge in [-0.05, 0) is 56.0 Å². The first-order valence-corrected chi connectivity index (χ1v) is 8.86. The minimum atomic E-state index is -0.251. The highest BCUT2D eigenvalue weighted by Gasteiger charge is 2.41. The molecule has 0 aliphatic carbocycles. The lowest BCUT2D eigenvalue weighted by Gasteiger charge is -2.48. The Morgan fingerprint density at radius 1 is 1.33 bits per heavy atom. The van der Waals surface area contributed by atoms with E-state index in [1.54, 1.807) is 24.3 Å². The third-order valence-electron chi connectivity index (χ3n) is 5.15. The van der Waals surface area contributed by atoms with E-state index in [0.717, 1.165) is 45.4 Å². The summed E-state index contributed by atoms with van der Waals surface area (Å²) in [6.45, 7) is 3.29. The molecule has 2 aliphatic rings. The number of rotatable bonds is 3. The SMILES string of the molecule is CN1CC(O)CC2(CCN(C(=O)COc3ccc(Cl)cc3)CC2)C1. The van der Waals surface area contributed by atoms with Gasteiger partial charge in [-0.15, -0.1) is 0 Å². The first kappa shape index (κ1) is 17.5. The average molecular weight is 353 g/mol. The van der Waals surface area contributed by atoms with Gasteiger partial charge in [0.2, 0.25) is 0 Å². The predicted molar refractivity (Wildman–Crippen MR) is 93.3 cm³/mol. The van der Waals surface area contributed by atoms with Crippen molar-refractivity contribution >= 4 is 17.5 Å². The number of piperidine rings is 2. The number of amides is 1. The maximum atomic E-state index is 12.4. The average Bonchev–Trinajstić information content (AvgIpc) is 2.53. The quantitative estimate of drug-likeness (QED) is 0.904. The molecule has 1 spiro atoms. The van der Waals surface area contributed by atoms with Crippen LogP contribution in [0.5, 0.6) is 5.75 Å². The van der Waals surface area contributed by atoms with Crippen LogP contribution in [-0.4, -0.2) is 66.8 Å². The fourth-order valence-corrected chi connectivity index (χ4v) is 4.11. The molecule has 0 aromatic heterocycles. The summed E-state index contributed by atoms with van der Waals surface area (Å²) in [5.41, 5.74) is 0.153. The summed E-state index contributed by atoms with van der Waals surface area (Å²) in [4.78, 5) is 16.4. The number of benzene rings is 1. The number of aliphatic hydroxyl groups is 1. The normalized spacial score (nSPS) is 24.1. The molecule has 1 aromatic rings. The van der Waals surface area contributed by atoms with Gasteiger partial charge in [0.25, 0.3) is 5.91 Å². The summed E-state index contributed by atoms with van der Waals surface area (Å²) in [6.07, 6.45) is 2.49. The van der Waals surface area contributed by atoms with Crippen LogP contribution in [0.4, 0.5) is 0 Å². The maximum absolute atomic E-state index is 12.4. The number of hydrogen-bond acceptors (Lipinski definition) is 4. The van der Waals surface area contributed by atoms with E-state index < -0.39 is 0 Å². The summed E-state index contributed by atoms with van der Waals surface area (Å²) >= 11 is 5.84. The van der Waals surface area contributed by atoms with E-state index in [4.69, 9.17) is 16.3 Å². The first-order valence-electron chi connectivity index (χ1n) is 8.49. The molecule has 2 fully saturated rings. The van der Waals surface area contributed by atoms with Crippen LogP contribution in [0.15, 0.2) is 24.3 Å². The van der Waals surface area contributed by atoms with Crippen LogP contribution in [0, 0.1) is 5.41 Å². The van der Waals surface area contributed by atoms with Crippen LogP contribution in [-0.2, 0) is 4.79 Å². The van der Waals surface area contributed by atoms with Gasteiger partial charge < -0.3 is 19.6 Å². The minimum absolute atomic E-state index is 0.0181. The number of likely N-dealkylation sites (N-methyl/N-ethyl adjacent to an activating group) is 1. The Bertz CT molecular complexity index is 558. The number of carbonyl (C=O) groups is 1. The molecule has 5 nitrogen and oxygen atoms in total. The number of nitrogens with zero attached hydrogens (tertiary/aromatic N) is 2. The van der Waals surface area contributed by atoms with Gasteiger partial charge in [-0.1, -0.05) is 11.6 Å². The van der Waals surface area contributed by atoms with Gasteiger partial charge in [-0.2, -0.15) is 0 Å². The van der Waals surface area contributed by atoms with E-state index in [2.05, 4.69) is 11.9 Å². The zero-order valence-electron chi connectivity index (χ0n) is 14.1. The predicted octanol–water partition coefficient (Wildman–Crippen LogP) is 2.02. The van der Waals surface area contributed by atoms with E-state index in [-0.39, 0.29) is 24.0 Å². The van der Waals surface area contributed by atoms with Gasteiger partial charge in [-0.3, -0.25) is 4.79 Å². The molecule has 2 heterocycles. The van der Waals surface area contributed by atoms with Crippen molar-refractivity contribution in [2.24, 2.45) is 5.41 Å². The Labute approximate surface area is 148 Å². The van der Waals surface area contributed by atoms with Gasteiger partial charge in [0, 0.05) is 31.2 Å². The molecule has 1 N–H and O–H groups in total. The molecule has 1 amide bonds. The topological polar surface area (TPSA) is 53.0 Å². The van der Waals surface area contributed by atoms with Crippen LogP contribution in [0.2, 0.25) is 5.02 Å². The number of hydrogen-bond donors (Lipinski definition) is 1. The number of β-amino-alcohol motifs (C(OH)–C–C–N with tert-alkyl or cyclic N) is 1. The maximum Gasteiger partial charge on any atom is 0.260 e. The van der Waals surface area contributed by atoms with E-state index in [9.17, 15) is 9.90 Å². The highest BCUT2D eigenvalue weighted by atomic mass is 35.5. The van der Waals surface area contributed by atoms with Crippen molar-refractivity contribution in [2.45, 2.75) is 25.4 Å². The molecule has 0 radical (unpaired) electrons. The van der Waals surface area contributed by atoms with Crippen LogP contribution in [0.1, 0.15) is 19.3 Å². The van der Waals surface area contributed by atoms with Crippen LogP contribution < -0.4 is 4.74 Å². The van der Waals surface area contributed by atoms with E-state index in [1.165, 1.54) is 0 Å².